The summed E-state index contributed by atoms with van der Waals surface area (Å²) in [6.07, 6.45) is 7.87. The number of rotatable bonds is 25. The Balaban J connectivity index is 1.11. The SMILES string of the molecule is COc1cc(Cc2cnc(N)nc2N)cc(OC)c1OCCCCC(=O)NCCNCC(C=O)CCCOc1c(OC)cc(Cc2cnc(N)nc2N)cc1OC. The third-order valence-corrected chi connectivity index (χ3v) is 8.90. The van der Waals surface area contributed by atoms with Crippen molar-refractivity contribution in [3.63, 3.8) is 0 Å². The number of ether oxygens (including phenoxy) is 6. The molecule has 0 radical (unpaired) electrons. The van der Waals surface area contributed by atoms with Crippen LogP contribution >= 0.6 is 0 Å². The smallest absolute Gasteiger partial charge is 0.221 e. The van der Waals surface area contributed by atoms with Gasteiger partial charge in [0.2, 0.25) is 29.3 Å². The van der Waals surface area contributed by atoms with E-state index in [1.165, 1.54) is 0 Å². The third-order valence-electron chi connectivity index (χ3n) is 8.90. The highest BCUT2D eigenvalue weighted by molar-refractivity contribution is 5.75. The molecule has 2 aromatic carbocycles. The van der Waals surface area contributed by atoms with Gasteiger partial charge >= 0.3 is 0 Å². The number of methoxy groups -OCH3 is 4. The van der Waals surface area contributed by atoms with Gasteiger partial charge < -0.3 is 66.8 Å². The highest BCUT2D eigenvalue weighted by atomic mass is 16.5. The number of aldehydes is 1. The summed E-state index contributed by atoms with van der Waals surface area (Å²) in [5.41, 5.74) is 26.4. The molecule has 308 valence electrons. The number of benzene rings is 2. The molecule has 2 aromatic heterocycles. The van der Waals surface area contributed by atoms with Crippen LogP contribution in [-0.4, -0.2) is 93.4 Å². The number of amides is 1. The van der Waals surface area contributed by atoms with Crippen LogP contribution < -0.4 is 62.0 Å². The van der Waals surface area contributed by atoms with E-state index in [0.29, 0.717) is 129 Å². The Kier molecular flexibility index (Phi) is 17.0. The molecule has 1 unspecified atom stereocenters. The fourth-order valence-electron chi connectivity index (χ4n) is 5.90. The molecule has 1 amide bonds. The highest BCUT2D eigenvalue weighted by Gasteiger charge is 2.18. The zero-order chi connectivity index (χ0) is 41.2. The summed E-state index contributed by atoms with van der Waals surface area (Å²) < 4.78 is 34.4. The second kappa shape index (κ2) is 22.3. The Labute approximate surface area is 332 Å². The second-order valence-corrected chi connectivity index (χ2v) is 13.0. The van der Waals surface area contributed by atoms with Gasteiger partial charge in [0, 0.05) is 68.3 Å². The fraction of sp³-hybridized carbons (Fsp3) is 0.436. The zero-order valence-corrected chi connectivity index (χ0v) is 33.0. The number of carbonyl (C=O) groups excluding carboxylic acids is 2. The van der Waals surface area contributed by atoms with Gasteiger partial charge in [0.25, 0.3) is 0 Å². The van der Waals surface area contributed by atoms with E-state index in [1.807, 2.05) is 24.3 Å². The molecule has 4 rings (SSSR count). The summed E-state index contributed by atoms with van der Waals surface area (Å²) in [7, 11) is 6.21. The average molecular weight is 791 g/mol. The molecule has 0 aliphatic heterocycles. The first kappa shape index (κ1) is 43.4. The van der Waals surface area contributed by atoms with Gasteiger partial charge in [-0.3, -0.25) is 4.79 Å². The predicted octanol–water partition coefficient (Wildman–Crippen LogP) is 2.74. The zero-order valence-electron chi connectivity index (χ0n) is 33.0. The van der Waals surface area contributed by atoms with Gasteiger partial charge in [0.1, 0.15) is 17.9 Å². The summed E-state index contributed by atoms with van der Waals surface area (Å²) in [6, 6.07) is 7.37. The van der Waals surface area contributed by atoms with Crippen molar-refractivity contribution in [3.8, 4) is 34.5 Å². The van der Waals surface area contributed by atoms with Crippen molar-refractivity contribution in [2.45, 2.75) is 44.9 Å². The van der Waals surface area contributed by atoms with Gasteiger partial charge in [-0.15, -0.1) is 0 Å². The molecule has 2 heterocycles. The monoisotopic (exact) mass is 790 g/mol. The van der Waals surface area contributed by atoms with Crippen LogP contribution in [0.3, 0.4) is 0 Å². The van der Waals surface area contributed by atoms with Crippen LogP contribution in [0.1, 0.15) is 54.4 Å². The van der Waals surface area contributed by atoms with Crippen LogP contribution in [0.2, 0.25) is 0 Å². The number of nitrogen functional groups attached to an aromatic ring is 4. The Morgan fingerprint density at radius 2 is 1.18 bits per heavy atom. The van der Waals surface area contributed by atoms with Gasteiger partial charge in [-0.1, -0.05) is 0 Å². The minimum atomic E-state index is -0.214. The number of nitrogens with zero attached hydrogens (tertiary/aromatic N) is 4. The standard InChI is InChI=1S/C39H54N10O8/c1-52-29-16-25(14-27-21-46-38(42)48-36(27)40)17-30(53-2)34(29)56-12-6-5-9-33(51)45-11-10-44-20-24(23-50)8-7-13-57-35-31(54-3)18-26(19-32(35)55-4)15-28-22-47-39(43)49-37(28)41/h16-19,21-24,44H,5-15,20H2,1-4H3,(H,45,51)(H4,40,42,46,48)(H4,41,43,47,49). The first-order chi connectivity index (χ1) is 27.6. The lowest BCUT2D eigenvalue weighted by Gasteiger charge is -2.17. The van der Waals surface area contributed by atoms with Crippen molar-refractivity contribution in [2.75, 3.05) is 84.2 Å². The topological polar surface area (TPSA) is 269 Å². The molecule has 4 aromatic rings. The van der Waals surface area contributed by atoms with Crippen LogP contribution in [0.4, 0.5) is 23.5 Å². The van der Waals surface area contributed by atoms with E-state index in [4.69, 9.17) is 51.4 Å². The van der Waals surface area contributed by atoms with Crippen molar-refractivity contribution in [1.82, 2.24) is 30.6 Å². The summed E-state index contributed by atoms with van der Waals surface area (Å²) in [4.78, 5) is 40.3. The number of hydrogen-bond acceptors (Lipinski definition) is 17. The molecule has 0 saturated carbocycles. The van der Waals surface area contributed by atoms with Gasteiger partial charge in [-0.25, -0.2) is 9.97 Å². The molecule has 1 atom stereocenters. The van der Waals surface area contributed by atoms with Gasteiger partial charge in [0.05, 0.1) is 41.7 Å². The molecular weight excluding hydrogens is 736 g/mol. The van der Waals surface area contributed by atoms with Crippen LogP contribution in [0.25, 0.3) is 0 Å². The Morgan fingerprint density at radius 1 is 0.702 bits per heavy atom. The summed E-state index contributed by atoms with van der Waals surface area (Å²) >= 11 is 0. The van der Waals surface area contributed by atoms with Crippen molar-refractivity contribution >= 4 is 35.7 Å². The number of nitrogens with one attached hydrogen (secondary N) is 2. The molecule has 0 aliphatic rings. The van der Waals surface area contributed by atoms with E-state index < -0.39 is 0 Å². The summed E-state index contributed by atoms with van der Waals surface area (Å²) in [5, 5.41) is 6.16. The fourth-order valence-corrected chi connectivity index (χ4v) is 5.90. The van der Waals surface area contributed by atoms with E-state index in [-0.39, 0.29) is 23.7 Å². The lowest BCUT2D eigenvalue weighted by molar-refractivity contribution is -0.121. The minimum Gasteiger partial charge on any atom is -0.493 e. The second-order valence-electron chi connectivity index (χ2n) is 13.0. The first-order valence-electron chi connectivity index (χ1n) is 18.5. The maximum Gasteiger partial charge on any atom is 0.221 e. The van der Waals surface area contributed by atoms with Gasteiger partial charge in [-0.05, 0) is 61.1 Å². The number of unbranched alkanes of at least 4 members (excludes halogenated alkanes) is 1. The molecule has 0 saturated heterocycles. The Hall–Kier alpha value is -6.30. The molecular formula is C39H54N10O8. The Bertz CT molecular complexity index is 1880. The molecule has 0 bridgehead atoms. The van der Waals surface area contributed by atoms with Crippen molar-refractivity contribution in [1.29, 1.82) is 0 Å². The lowest BCUT2D eigenvalue weighted by Crippen LogP contribution is -2.34. The maximum absolute atomic E-state index is 12.4. The molecule has 18 nitrogen and oxygen atoms in total. The highest BCUT2D eigenvalue weighted by Crippen LogP contribution is 2.40. The van der Waals surface area contributed by atoms with Crippen LogP contribution in [0.15, 0.2) is 36.7 Å². The number of nitrogens with two attached hydrogens (primary N) is 4. The largest absolute Gasteiger partial charge is 0.493 e. The number of anilines is 4. The summed E-state index contributed by atoms with van der Waals surface area (Å²) in [5.74, 6) is 3.51. The van der Waals surface area contributed by atoms with Crippen molar-refractivity contribution in [3.05, 3.63) is 58.9 Å². The van der Waals surface area contributed by atoms with Crippen LogP contribution in [-0.2, 0) is 22.4 Å². The molecule has 0 fully saturated rings. The van der Waals surface area contributed by atoms with E-state index in [9.17, 15) is 9.59 Å². The third kappa shape index (κ3) is 13.2. The molecule has 57 heavy (non-hydrogen) atoms. The number of carbonyl (C=O) groups is 2. The lowest BCUT2D eigenvalue weighted by atomic mass is 10.0. The summed E-state index contributed by atoms with van der Waals surface area (Å²) in [6.45, 7) is 2.15. The normalized spacial score (nSPS) is 11.4. The van der Waals surface area contributed by atoms with Gasteiger partial charge in [0.15, 0.2) is 23.0 Å². The van der Waals surface area contributed by atoms with E-state index in [1.54, 1.807) is 40.8 Å². The molecule has 0 spiro atoms. The number of aromatic nitrogens is 4. The number of hydrogen-bond donors (Lipinski definition) is 6. The Morgan fingerprint density at radius 3 is 1.61 bits per heavy atom. The average Bonchev–Trinajstić information content (AvgIpc) is 3.20. The van der Waals surface area contributed by atoms with Gasteiger partial charge in [-0.2, -0.15) is 9.97 Å². The maximum atomic E-state index is 12.4. The van der Waals surface area contributed by atoms with Crippen molar-refractivity contribution < 1.29 is 38.0 Å². The first-order valence-corrected chi connectivity index (χ1v) is 18.5. The molecule has 18 heteroatoms. The van der Waals surface area contributed by atoms with Crippen molar-refractivity contribution in [2.24, 2.45) is 5.92 Å². The van der Waals surface area contributed by atoms with Crippen LogP contribution in [0.5, 0.6) is 34.5 Å². The van der Waals surface area contributed by atoms with E-state index in [2.05, 4.69) is 30.6 Å². The molecule has 10 N–H and O–H groups in total. The van der Waals surface area contributed by atoms with E-state index >= 15 is 0 Å². The molecule has 0 aliphatic carbocycles. The minimum absolute atomic E-state index is 0.0615. The van der Waals surface area contributed by atoms with Crippen LogP contribution in [0, 0.1) is 5.92 Å². The quantitative estimate of drug-likeness (QED) is 0.0416. The van der Waals surface area contributed by atoms with E-state index in [0.717, 1.165) is 23.0 Å². The predicted molar refractivity (Wildman–Crippen MR) is 216 cm³/mol.